The van der Waals surface area contributed by atoms with Crippen LogP contribution < -0.4 is 5.46 Å². The van der Waals surface area contributed by atoms with Crippen molar-refractivity contribution in [3.63, 3.8) is 0 Å². The third-order valence-corrected chi connectivity index (χ3v) is 2.63. The first-order valence-electron chi connectivity index (χ1n) is 3.60. The van der Waals surface area contributed by atoms with Gasteiger partial charge in [0.15, 0.2) is 5.75 Å². The summed E-state index contributed by atoms with van der Waals surface area (Å²) < 4.78 is 4.92. The van der Waals surface area contributed by atoms with Gasteiger partial charge in [-0.3, -0.25) is 0 Å². The molecule has 3 nitrogen and oxygen atoms in total. The largest absolute Gasteiger partial charge is 0.505 e. The van der Waals surface area contributed by atoms with Gasteiger partial charge in [0.1, 0.15) is 0 Å². The fourth-order valence-corrected chi connectivity index (χ4v) is 1.90. The zero-order chi connectivity index (χ0) is 9.59. The van der Waals surface area contributed by atoms with E-state index in [0.29, 0.717) is 11.0 Å². The smallest absolute Gasteiger partial charge is 0.493 e. The predicted molar refractivity (Wildman–Crippen MR) is 50.5 cm³/mol. The monoisotopic (exact) mass is 218 g/mol. The summed E-state index contributed by atoms with van der Waals surface area (Å²) >= 11 is 11.4. The van der Waals surface area contributed by atoms with Crippen molar-refractivity contribution in [2.45, 2.75) is 6.61 Å². The number of aromatic hydroxyl groups is 1. The molecule has 0 saturated heterocycles. The van der Waals surface area contributed by atoms with Crippen LogP contribution in [0.5, 0.6) is 5.75 Å². The van der Waals surface area contributed by atoms with Gasteiger partial charge in [-0.1, -0.05) is 23.2 Å². The number of hydrogen-bond donors (Lipinski definition) is 2. The second kappa shape index (κ2) is 3.06. The van der Waals surface area contributed by atoms with Crippen LogP contribution in [0.2, 0.25) is 10.0 Å². The Morgan fingerprint density at radius 2 is 2.15 bits per heavy atom. The lowest BCUT2D eigenvalue weighted by atomic mass is 9.79. The van der Waals surface area contributed by atoms with Crippen LogP contribution >= 0.6 is 23.2 Å². The van der Waals surface area contributed by atoms with Gasteiger partial charge in [0, 0.05) is 5.46 Å². The van der Waals surface area contributed by atoms with Crippen molar-refractivity contribution in [3.05, 3.63) is 21.7 Å². The van der Waals surface area contributed by atoms with Crippen molar-refractivity contribution < 1.29 is 14.8 Å². The van der Waals surface area contributed by atoms with E-state index in [1.54, 1.807) is 0 Å². The highest BCUT2D eigenvalue weighted by molar-refractivity contribution is 6.66. The Morgan fingerprint density at radius 3 is 2.85 bits per heavy atom. The molecule has 0 amide bonds. The SMILES string of the molecule is OB1OCc2cc(Cl)c(O)c(Cl)c21. The van der Waals surface area contributed by atoms with E-state index < -0.39 is 7.12 Å². The van der Waals surface area contributed by atoms with Crippen molar-refractivity contribution in [1.82, 2.24) is 0 Å². The van der Waals surface area contributed by atoms with Crippen molar-refractivity contribution >= 4 is 35.8 Å². The summed E-state index contributed by atoms with van der Waals surface area (Å²) in [5.41, 5.74) is 1.11. The Labute approximate surface area is 85.0 Å². The average Bonchev–Trinajstić information content (AvgIpc) is 2.43. The molecule has 0 aromatic heterocycles. The van der Waals surface area contributed by atoms with Crippen LogP contribution in [0.25, 0.3) is 0 Å². The first-order valence-corrected chi connectivity index (χ1v) is 4.36. The minimum absolute atomic E-state index is 0.0625. The highest BCUT2D eigenvalue weighted by Crippen LogP contribution is 2.33. The van der Waals surface area contributed by atoms with Crippen LogP contribution in [0.3, 0.4) is 0 Å². The predicted octanol–water partition coefficient (Wildman–Crippen LogP) is 0.917. The molecule has 0 atom stereocenters. The average molecular weight is 219 g/mol. The highest BCUT2D eigenvalue weighted by Gasteiger charge is 2.32. The van der Waals surface area contributed by atoms with Gasteiger partial charge < -0.3 is 14.8 Å². The summed E-state index contributed by atoms with van der Waals surface area (Å²) in [5, 5.41) is 18.9. The van der Waals surface area contributed by atoms with E-state index in [4.69, 9.17) is 27.9 Å². The fraction of sp³-hybridized carbons (Fsp3) is 0.143. The molecule has 68 valence electrons. The van der Waals surface area contributed by atoms with Gasteiger partial charge in [-0.25, -0.2) is 0 Å². The maximum Gasteiger partial charge on any atom is 0.493 e. The van der Waals surface area contributed by atoms with Gasteiger partial charge in [0.05, 0.1) is 16.7 Å². The van der Waals surface area contributed by atoms with Crippen molar-refractivity contribution in [3.8, 4) is 5.75 Å². The minimum Gasteiger partial charge on any atom is -0.505 e. The summed E-state index contributed by atoms with van der Waals surface area (Å²) in [5.74, 6) is -0.216. The molecule has 0 saturated carbocycles. The molecule has 6 heteroatoms. The highest BCUT2D eigenvalue weighted by atomic mass is 35.5. The van der Waals surface area contributed by atoms with E-state index in [9.17, 15) is 10.1 Å². The Morgan fingerprint density at radius 1 is 1.46 bits per heavy atom. The topological polar surface area (TPSA) is 49.7 Å². The van der Waals surface area contributed by atoms with Crippen molar-refractivity contribution in [2.24, 2.45) is 0 Å². The normalized spacial score (nSPS) is 14.8. The zero-order valence-corrected chi connectivity index (χ0v) is 7.93. The lowest BCUT2D eigenvalue weighted by molar-refractivity contribution is 0.275. The van der Waals surface area contributed by atoms with Crippen LogP contribution in [0.1, 0.15) is 5.56 Å². The number of fused-ring (bicyclic) bond motifs is 1. The molecule has 0 bridgehead atoms. The Kier molecular flexibility index (Phi) is 2.16. The Hall–Kier alpha value is -0.415. The molecule has 1 aromatic rings. The molecule has 13 heavy (non-hydrogen) atoms. The summed E-state index contributed by atoms with van der Waals surface area (Å²) in [4.78, 5) is 0. The van der Waals surface area contributed by atoms with Crippen LogP contribution in [-0.4, -0.2) is 17.2 Å². The number of phenolic OH excluding ortho intramolecular Hbond substituents is 1. The quantitative estimate of drug-likeness (QED) is 0.637. The van der Waals surface area contributed by atoms with E-state index in [0.717, 1.165) is 0 Å². The van der Waals surface area contributed by atoms with Crippen LogP contribution in [0.15, 0.2) is 6.07 Å². The molecule has 1 heterocycles. The van der Waals surface area contributed by atoms with Crippen LogP contribution in [0.4, 0.5) is 0 Å². The van der Waals surface area contributed by atoms with E-state index in [-0.39, 0.29) is 22.4 Å². The molecule has 2 rings (SSSR count). The first kappa shape index (κ1) is 9.15. The molecule has 1 aliphatic heterocycles. The summed E-state index contributed by atoms with van der Waals surface area (Å²) in [6.07, 6.45) is 0. The van der Waals surface area contributed by atoms with Gasteiger partial charge in [0.2, 0.25) is 0 Å². The fourth-order valence-electron chi connectivity index (χ4n) is 1.31. The van der Waals surface area contributed by atoms with Gasteiger partial charge in [-0.15, -0.1) is 0 Å². The maximum absolute atomic E-state index is 9.36. The standard InChI is InChI=1S/C7H5BCl2O3/c9-4-1-3-2-13-8(12)5(3)6(10)7(4)11/h1,11-12H,2H2. The molecule has 0 aliphatic carbocycles. The molecule has 0 fully saturated rings. The molecule has 0 unspecified atom stereocenters. The van der Waals surface area contributed by atoms with Gasteiger partial charge in [0.25, 0.3) is 0 Å². The van der Waals surface area contributed by atoms with Crippen molar-refractivity contribution in [2.75, 3.05) is 0 Å². The third kappa shape index (κ3) is 1.30. The second-order valence-electron chi connectivity index (χ2n) is 2.76. The number of phenols is 1. The second-order valence-corrected chi connectivity index (χ2v) is 3.54. The molecular formula is C7H5BCl2O3. The summed E-state index contributed by atoms with van der Waals surface area (Å²) in [6.45, 7) is 0.260. The molecule has 1 aromatic carbocycles. The molecule has 2 N–H and O–H groups in total. The Balaban J connectivity index is 2.68. The van der Waals surface area contributed by atoms with E-state index >= 15 is 0 Å². The van der Waals surface area contributed by atoms with Gasteiger partial charge in [-0.05, 0) is 11.6 Å². The minimum atomic E-state index is -1.06. The zero-order valence-electron chi connectivity index (χ0n) is 6.42. The molecular weight excluding hydrogens is 214 g/mol. The first-order chi connectivity index (χ1) is 6.11. The third-order valence-electron chi connectivity index (χ3n) is 1.96. The van der Waals surface area contributed by atoms with Crippen molar-refractivity contribution in [1.29, 1.82) is 0 Å². The van der Waals surface area contributed by atoms with E-state index in [1.165, 1.54) is 6.07 Å². The number of benzene rings is 1. The number of rotatable bonds is 0. The number of hydrogen-bond acceptors (Lipinski definition) is 3. The van der Waals surface area contributed by atoms with Gasteiger partial charge in [-0.2, -0.15) is 0 Å². The summed E-state index contributed by atoms with van der Waals surface area (Å²) in [7, 11) is -1.06. The van der Waals surface area contributed by atoms with E-state index in [1.807, 2.05) is 0 Å². The van der Waals surface area contributed by atoms with E-state index in [2.05, 4.69) is 0 Å². The molecule has 1 aliphatic rings. The Bertz CT molecular complexity index is 369. The van der Waals surface area contributed by atoms with Crippen LogP contribution in [0, 0.1) is 0 Å². The number of halogens is 2. The lowest BCUT2D eigenvalue weighted by Crippen LogP contribution is -2.29. The van der Waals surface area contributed by atoms with Crippen LogP contribution in [-0.2, 0) is 11.3 Å². The molecule has 0 spiro atoms. The summed E-state index contributed by atoms with van der Waals surface area (Å²) in [6, 6.07) is 1.54. The maximum atomic E-state index is 9.36. The molecule has 0 radical (unpaired) electrons. The lowest BCUT2D eigenvalue weighted by Gasteiger charge is -2.05. The van der Waals surface area contributed by atoms with Gasteiger partial charge >= 0.3 is 7.12 Å².